The van der Waals surface area contributed by atoms with Gasteiger partial charge in [0, 0.05) is 6.61 Å². The van der Waals surface area contributed by atoms with Crippen LogP contribution in [0.15, 0.2) is 36.4 Å². The first-order valence-electron chi connectivity index (χ1n) is 9.81. The fourth-order valence-electron chi connectivity index (χ4n) is 2.92. The summed E-state index contributed by atoms with van der Waals surface area (Å²) in [6.07, 6.45) is -0.747. The fraction of sp³-hybridized carbons (Fsp3) is 0.455. The monoisotopic (exact) mass is 406 g/mol. The summed E-state index contributed by atoms with van der Waals surface area (Å²) >= 11 is 0. The summed E-state index contributed by atoms with van der Waals surface area (Å²) in [5, 5.41) is 39.4. The molecule has 0 aliphatic carbocycles. The largest absolute Gasteiger partial charge is 0.504 e. The maximum absolute atomic E-state index is 10.7. The molecule has 0 saturated heterocycles. The summed E-state index contributed by atoms with van der Waals surface area (Å²) in [5.41, 5.74) is 1.44. The molecule has 0 radical (unpaired) electrons. The number of phenols is 1. The number of aliphatic hydroxyl groups excluding tert-OH is 3. The lowest BCUT2D eigenvalue weighted by molar-refractivity contribution is -0.000766. The first-order valence-corrected chi connectivity index (χ1v) is 9.81. The Bertz CT molecular complexity index is 763. The topological polar surface area (TPSA) is 109 Å². The third-order valence-corrected chi connectivity index (χ3v) is 4.37. The number of aromatic hydroxyl groups is 1. The molecule has 0 heterocycles. The number of phenolic OH excluding ortho intramolecular Hbond substituents is 1. The van der Waals surface area contributed by atoms with Crippen LogP contribution in [0.1, 0.15) is 37.5 Å². The Kier molecular flexibility index (Phi) is 9.05. The highest BCUT2D eigenvalue weighted by molar-refractivity contribution is 5.44. The summed E-state index contributed by atoms with van der Waals surface area (Å²) in [5.74, 6) is 1.14. The highest BCUT2D eigenvalue weighted by Gasteiger charge is 2.25. The molecule has 0 aliphatic rings. The number of hydrogen-bond acceptors (Lipinski definition) is 7. The second-order valence-corrected chi connectivity index (χ2v) is 6.49. The zero-order chi connectivity index (χ0) is 21.2. The first kappa shape index (κ1) is 22.8. The predicted molar refractivity (Wildman–Crippen MR) is 109 cm³/mol. The molecular formula is C22H30O7. The van der Waals surface area contributed by atoms with Gasteiger partial charge in [-0.15, -0.1) is 0 Å². The molecular weight excluding hydrogens is 376 g/mol. The lowest BCUT2D eigenvalue weighted by Gasteiger charge is -2.24. The standard InChI is InChI=1S/C22H30O7/c1-3-27-19-13-16(8-9-17(19)25)22(26)21(14-24)29-18-10-7-15(6-5-11-23)12-20(18)28-4-2/h7-10,12-13,21-26H,3-6,11,14H2,1-2H3/t21-,22-/m1/s1. The van der Waals surface area contributed by atoms with Crippen LogP contribution >= 0.6 is 0 Å². The van der Waals surface area contributed by atoms with Crippen molar-refractivity contribution in [1.29, 1.82) is 0 Å². The Balaban J connectivity index is 2.22. The minimum atomic E-state index is -1.15. The second-order valence-electron chi connectivity index (χ2n) is 6.49. The summed E-state index contributed by atoms with van der Waals surface area (Å²) in [6, 6.07) is 9.94. The summed E-state index contributed by atoms with van der Waals surface area (Å²) in [4.78, 5) is 0. The minimum absolute atomic E-state index is 0.0265. The van der Waals surface area contributed by atoms with Crippen LogP contribution in [0, 0.1) is 0 Å². The van der Waals surface area contributed by atoms with Crippen LogP contribution in [0.5, 0.6) is 23.0 Å². The SMILES string of the molecule is CCOc1cc([C@@H](O)[C@@H](CO)Oc2ccc(CCCO)cc2OCC)ccc1O. The molecule has 0 fully saturated rings. The molecule has 0 aromatic heterocycles. The van der Waals surface area contributed by atoms with Crippen LogP contribution in [-0.4, -0.2) is 53.0 Å². The molecule has 29 heavy (non-hydrogen) atoms. The number of aliphatic hydroxyl groups is 3. The molecule has 2 aromatic carbocycles. The molecule has 2 atom stereocenters. The van der Waals surface area contributed by atoms with Crippen molar-refractivity contribution in [2.24, 2.45) is 0 Å². The average molecular weight is 406 g/mol. The smallest absolute Gasteiger partial charge is 0.161 e. The van der Waals surface area contributed by atoms with Gasteiger partial charge in [0.1, 0.15) is 6.10 Å². The molecule has 2 aromatic rings. The van der Waals surface area contributed by atoms with E-state index in [1.54, 1.807) is 19.1 Å². The normalized spacial score (nSPS) is 13.0. The van der Waals surface area contributed by atoms with E-state index in [9.17, 15) is 15.3 Å². The van der Waals surface area contributed by atoms with Crippen LogP contribution in [0.3, 0.4) is 0 Å². The highest BCUT2D eigenvalue weighted by Crippen LogP contribution is 2.34. The number of rotatable bonds is 12. The Morgan fingerprint density at radius 3 is 2.28 bits per heavy atom. The van der Waals surface area contributed by atoms with Crippen molar-refractivity contribution in [2.45, 2.75) is 38.9 Å². The fourth-order valence-corrected chi connectivity index (χ4v) is 2.92. The Hall–Kier alpha value is -2.48. The van der Waals surface area contributed by atoms with E-state index in [0.717, 1.165) is 5.56 Å². The lowest BCUT2D eigenvalue weighted by atomic mass is 10.0. The van der Waals surface area contributed by atoms with E-state index in [2.05, 4.69) is 0 Å². The van der Waals surface area contributed by atoms with Gasteiger partial charge in [0.15, 0.2) is 29.1 Å². The van der Waals surface area contributed by atoms with Crippen molar-refractivity contribution < 1.29 is 34.6 Å². The quantitative estimate of drug-likeness (QED) is 0.429. The van der Waals surface area contributed by atoms with Gasteiger partial charge >= 0.3 is 0 Å². The Morgan fingerprint density at radius 1 is 0.897 bits per heavy atom. The molecule has 0 unspecified atom stereocenters. The maximum atomic E-state index is 10.7. The third-order valence-electron chi connectivity index (χ3n) is 4.37. The Labute approximate surface area is 171 Å². The van der Waals surface area contributed by atoms with Gasteiger partial charge < -0.3 is 34.6 Å². The molecule has 0 saturated carbocycles. The molecule has 0 bridgehead atoms. The zero-order valence-corrected chi connectivity index (χ0v) is 16.9. The minimum Gasteiger partial charge on any atom is -0.504 e. The van der Waals surface area contributed by atoms with Gasteiger partial charge in [-0.25, -0.2) is 0 Å². The van der Waals surface area contributed by atoms with Crippen molar-refractivity contribution in [2.75, 3.05) is 26.4 Å². The van der Waals surface area contributed by atoms with Gasteiger partial charge in [0.2, 0.25) is 0 Å². The molecule has 0 amide bonds. The number of aryl methyl sites for hydroxylation is 1. The van der Waals surface area contributed by atoms with E-state index in [0.29, 0.717) is 43.1 Å². The van der Waals surface area contributed by atoms with Gasteiger partial charge in [-0.3, -0.25) is 0 Å². The molecule has 7 heteroatoms. The van der Waals surface area contributed by atoms with Crippen molar-refractivity contribution in [3.05, 3.63) is 47.5 Å². The van der Waals surface area contributed by atoms with Gasteiger partial charge in [-0.05, 0) is 62.1 Å². The van der Waals surface area contributed by atoms with E-state index in [1.165, 1.54) is 12.1 Å². The van der Waals surface area contributed by atoms with E-state index in [-0.39, 0.29) is 18.1 Å². The molecule has 0 aliphatic heterocycles. The summed E-state index contributed by atoms with van der Waals surface area (Å²) in [7, 11) is 0. The zero-order valence-electron chi connectivity index (χ0n) is 16.9. The molecule has 2 rings (SSSR count). The van der Waals surface area contributed by atoms with E-state index in [1.807, 2.05) is 19.1 Å². The number of benzene rings is 2. The van der Waals surface area contributed by atoms with Crippen LogP contribution in [0.4, 0.5) is 0 Å². The van der Waals surface area contributed by atoms with E-state index >= 15 is 0 Å². The number of hydrogen-bond donors (Lipinski definition) is 4. The predicted octanol–water partition coefficient (Wildman–Crippen LogP) is 2.59. The second kappa shape index (κ2) is 11.5. The first-order chi connectivity index (χ1) is 14.0. The Morgan fingerprint density at radius 2 is 1.62 bits per heavy atom. The molecule has 0 spiro atoms. The summed E-state index contributed by atoms with van der Waals surface area (Å²) < 4.78 is 16.9. The van der Waals surface area contributed by atoms with Gasteiger partial charge in [0.05, 0.1) is 19.8 Å². The van der Waals surface area contributed by atoms with Crippen LogP contribution in [0.2, 0.25) is 0 Å². The van der Waals surface area contributed by atoms with Crippen LogP contribution in [0.25, 0.3) is 0 Å². The van der Waals surface area contributed by atoms with Crippen molar-refractivity contribution >= 4 is 0 Å². The van der Waals surface area contributed by atoms with Gasteiger partial charge in [-0.2, -0.15) is 0 Å². The van der Waals surface area contributed by atoms with Crippen molar-refractivity contribution in [1.82, 2.24) is 0 Å². The third kappa shape index (κ3) is 6.25. The lowest BCUT2D eigenvalue weighted by Crippen LogP contribution is -2.29. The number of ether oxygens (including phenoxy) is 3. The van der Waals surface area contributed by atoms with E-state index in [4.69, 9.17) is 19.3 Å². The van der Waals surface area contributed by atoms with Crippen molar-refractivity contribution in [3.63, 3.8) is 0 Å². The maximum Gasteiger partial charge on any atom is 0.161 e. The van der Waals surface area contributed by atoms with E-state index < -0.39 is 18.8 Å². The van der Waals surface area contributed by atoms with Crippen LogP contribution < -0.4 is 14.2 Å². The molecule has 160 valence electrons. The molecule has 7 nitrogen and oxygen atoms in total. The highest BCUT2D eigenvalue weighted by atomic mass is 16.5. The summed E-state index contributed by atoms with van der Waals surface area (Å²) in [6.45, 7) is 4.13. The average Bonchev–Trinajstić information content (AvgIpc) is 2.73. The molecule has 4 N–H and O–H groups in total. The van der Waals surface area contributed by atoms with Crippen molar-refractivity contribution in [3.8, 4) is 23.0 Å². The van der Waals surface area contributed by atoms with Crippen LogP contribution in [-0.2, 0) is 6.42 Å². The van der Waals surface area contributed by atoms with Gasteiger partial charge in [0.25, 0.3) is 0 Å². The van der Waals surface area contributed by atoms with Gasteiger partial charge in [-0.1, -0.05) is 12.1 Å².